The van der Waals surface area contributed by atoms with Gasteiger partial charge in [-0.2, -0.15) is 0 Å². The van der Waals surface area contributed by atoms with Crippen LogP contribution in [0.15, 0.2) is 28.0 Å². The van der Waals surface area contributed by atoms with Crippen LogP contribution in [0.25, 0.3) is 11.2 Å². The summed E-state index contributed by atoms with van der Waals surface area (Å²) in [6.07, 6.45) is 1.42. The van der Waals surface area contributed by atoms with Gasteiger partial charge in [-0.15, -0.1) is 0 Å². The molecule has 0 saturated heterocycles. The number of halogens is 3. The Morgan fingerprint density at radius 3 is 2.46 bits per heavy atom. The number of benzene rings is 1. The summed E-state index contributed by atoms with van der Waals surface area (Å²) in [4.78, 5) is 41.3. The van der Waals surface area contributed by atoms with Gasteiger partial charge in [0, 0.05) is 14.1 Å². The number of nitrogens with zero attached hydrogens (tertiary/aromatic N) is 4. The number of imidazole rings is 1. The average Bonchev–Trinajstić information content (AvgIpc) is 2.96. The molecule has 3 aromatic rings. The molecule has 2 aromatic heterocycles. The lowest BCUT2D eigenvalue weighted by Gasteiger charge is -2.11. The fourth-order valence-corrected chi connectivity index (χ4v) is 3.08. The van der Waals surface area contributed by atoms with Crippen molar-refractivity contribution in [1.82, 2.24) is 18.7 Å². The van der Waals surface area contributed by atoms with Crippen LogP contribution >= 0.6 is 34.8 Å². The zero-order valence-electron chi connectivity index (χ0n) is 13.6. The summed E-state index contributed by atoms with van der Waals surface area (Å²) < 4.78 is 3.52. The summed E-state index contributed by atoms with van der Waals surface area (Å²) in [7, 11) is 3.10. The van der Waals surface area contributed by atoms with E-state index in [1.54, 1.807) is 7.05 Å². The molecule has 0 radical (unpaired) electrons. The molecule has 0 aliphatic rings. The van der Waals surface area contributed by atoms with Crippen molar-refractivity contribution < 1.29 is 4.79 Å². The van der Waals surface area contributed by atoms with E-state index in [9.17, 15) is 14.4 Å². The van der Waals surface area contributed by atoms with Crippen LogP contribution in [0.4, 0.5) is 5.69 Å². The Morgan fingerprint density at radius 2 is 1.77 bits per heavy atom. The van der Waals surface area contributed by atoms with Crippen LogP contribution in [-0.4, -0.2) is 24.6 Å². The van der Waals surface area contributed by atoms with Crippen molar-refractivity contribution in [2.24, 2.45) is 14.1 Å². The van der Waals surface area contributed by atoms with Crippen molar-refractivity contribution in [3.05, 3.63) is 54.4 Å². The summed E-state index contributed by atoms with van der Waals surface area (Å²) in [5.41, 5.74) is -0.591. The molecule has 0 unspecified atom stereocenters. The van der Waals surface area contributed by atoms with Crippen LogP contribution < -0.4 is 16.6 Å². The van der Waals surface area contributed by atoms with E-state index in [-0.39, 0.29) is 31.9 Å². The van der Waals surface area contributed by atoms with Crippen molar-refractivity contribution in [2.75, 3.05) is 5.32 Å². The highest BCUT2D eigenvalue weighted by atomic mass is 35.5. The molecule has 0 fully saturated rings. The van der Waals surface area contributed by atoms with Gasteiger partial charge in [-0.25, -0.2) is 14.3 Å². The monoisotopic (exact) mass is 415 g/mol. The second kappa shape index (κ2) is 6.79. The van der Waals surface area contributed by atoms with Crippen LogP contribution in [-0.2, 0) is 25.4 Å². The lowest BCUT2D eigenvalue weighted by Crippen LogP contribution is -2.42. The van der Waals surface area contributed by atoms with Gasteiger partial charge in [0.2, 0.25) is 5.91 Å². The van der Waals surface area contributed by atoms with Crippen LogP contribution in [0.2, 0.25) is 15.1 Å². The molecule has 1 amide bonds. The highest BCUT2D eigenvalue weighted by Crippen LogP contribution is 2.32. The lowest BCUT2D eigenvalue weighted by atomic mass is 10.3. The number of carbonyl (C=O) groups excluding carboxylic acids is 1. The van der Waals surface area contributed by atoms with Crippen molar-refractivity contribution >= 4 is 57.6 Å². The lowest BCUT2D eigenvalue weighted by molar-refractivity contribution is -0.116. The van der Waals surface area contributed by atoms with E-state index in [4.69, 9.17) is 34.8 Å². The zero-order valence-corrected chi connectivity index (χ0v) is 15.9. The highest BCUT2D eigenvalue weighted by Gasteiger charge is 2.17. The second-order valence-electron chi connectivity index (χ2n) is 5.55. The molecule has 2 heterocycles. The summed E-state index contributed by atoms with van der Waals surface area (Å²) in [6.45, 7) is -0.497. The Labute approximate surface area is 161 Å². The number of nitrogens with one attached hydrogen (secondary N) is 1. The maximum atomic E-state index is 12.6. The zero-order chi connectivity index (χ0) is 19.2. The fraction of sp³-hybridized carbons (Fsp3) is 0.200. The Morgan fingerprint density at radius 1 is 1.12 bits per heavy atom. The number of fused-ring (bicyclic) bond motifs is 1. The molecule has 11 heteroatoms. The summed E-state index contributed by atoms with van der Waals surface area (Å²) in [6, 6.07) is 2.77. The smallest absolute Gasteiger partial charge is 0.328 e. The van der Waals surface area contributed by atoms with Gasteiger partial charge in [0.25, 0.3) is 5.56 Å². The third kappa shape index (κ3) is 3.11. The maximum Gasteiger partial charge on any atom is 0.332 e. The third-order valence-electron chi connectivity index (χ3n) is 3.79. The van der Waals surface area contributed by atoms with Crippen LogP contribution in [0.5, 0.6) is 0 Å². The van der Waals surface area contributed by atoms with Gasteiger partial charge in [0.15, 0.2) is 11.2 Å². The molecule has 0 aliphatic carbocycles. The first-order chi connectivity index (χ1) is 12.2. The first-order valence-electron chi connectivity index (χ1n) is 7.26. The summed E-state index contributed by atoms with van der Waals surface area (Å²) >= 11 is 17.8. The number of aryl methyl sites for hydroxylation is 2. The number of aromatic nitrogens is 4. The minimum Gasteiger partial charge on any atom is -0.328 e. The molecule has 0 atom stereocenters. The maximum absolute atomic E-state index is 12.6. The number of hydrogen-bond donors (Lipinski definition) is 1. The van der Waals surface area contributed by atoms with Crippen molar-refractivity contribution in [1.29, 1.82) is 0 Å². The molecule has 1 N–H and O–H groups in total. The van der Waals surface area contributed by atoms with Gasteiger partial charge >= 0.3 is 5.69 Å². The topological polar surface area (TPSA) is 90.9 Å². The molecule has 0 bridgehead atoms. The Kier molecular flexibility index (Phi) is 4.83. The molecule has 0 spiro atoms. The van der Waals surface area contributed by atoms with Crippen molar-refractivity contribution in [2.45, 2.75) is 6.54 Å². The second-order valence-corrected chi connectivity index (χ2v) is 6.78. The molecule has 0 aliphatic heterocycles. The van der Waals surface area contributed by atoms with E-state index >= 15 is 0 Å². The van der Waals surface area contributed by atoms with E-state index in [1.807, 2.05) is 0 Å². The quantitative estimate of drug-likeness (QED) is 0.662. The number of carbonyl (C=O) groups is 1. The largest absolute Gasteiger partial charge is 0.332 e. The summed E-state index contributed by atoms with van der Waals surface area (Å²) in [5.74, 6) is -0.619. The molecule has 26 heavy (non-hydrogen) atoms. The van der Waals surface area contributed by atoms with Gasteiger partial charge in [-0.05, 0) is 12.1 Å². The first kappa shape index (κ1) is 18.5. The molecular formula is C15H12Cl3N5O3. The number of amides is 1. The third-order valence-corrected chi connectivity index (χ3v) is 4.82. The highest BCUT2D eigenvalue weighted by molar-refractivity contribution is 6.44. The van der Waals surface area contributed by atoms with E-state index in [1.165, 1.54) is 34.6 Å². The van der Waals surface area contributed by atoms with E-state index < -0.39 is 23.7 Å². The molecule has 136 valence electrons. The molecule has 8 nitrogen and oxygen atoms in total. The van der Waals surface area contributed by atoms with E-state index in [0.717, 1.165) is 4.57 Å². The average molecular weight is 417 g/mol. The normalized spacial score (nSPS) is 11.1. The summed E-state index contributed by atoms with van der Waals surface area (Å²) in [5, 5.41) is 3.13. The van der Waals surface area contributed by atoms with Crippen molar-refractivity contribution in [3.8, 4) is 0 Å². The molecule has 0 saturated carbocycles. The molecular weight excluding hydrogens is 405 g/mol. The van der Waals surface area contributed by atoms with Gasteiger partial charge in [0.1, 0.15) is 6.54 Å². The number of rotatable bonds is 3. The van der Waals surface area contributed by atoms with Gasteiger partial charge in [-0.3, -0.25) is 14.2 Å². The van der Waals surface area contributed by atoms with E-state index in [0.29, 0.717) is 0 Å². The van der Waals surface area contributed by atoms with E-state index in [2.05, 4.69) is 10.3 Å². The number of anilines is 1. The Bertz CT molecular complexity index is 1160. The Hall–Kier alpha value is -2.29. The minimum atomic E-state index is -0.656. The predicted molar refractivity (Wildman–Crippen MR) is 100 cm³/mol. The molecule has 3 rings (SSSR count). The predicted octanol–water partition coefficient (Wildman–Crippen LogP) is 2.03. The molecule has 1 aromatic carbocycles. The van der Waals surface area contributed by atoms with Crippen LogP contribution in [0.3, 0.4) is 0 Å². The number of hydrogen-bond acceptors (Lipinski definition) is 4. The minimum absolute atomic E-state index is 0.176. The van der Waals surface area contributed by atoms with Gasteiger partial charge in [0.05, 0.1) is 27.1 Å². The van der Waals surface area contributed by atoms with Gasteiger partial charge < -0.3 is 9.88 Å². The fourth-order valence-electron chi connectivity index (χ4n) is 2.49. The van der Waals surface area contributed by atoms with Crippen molar-refractivity contribution in [3.63, 3.8) is 0 Å². The SMILES string of the molecule is Cn1cnc2c1c(=O)n(CC(=O)Nc1cc(Cl)c(Cl)cc1Cl)c(=O)n2C. The first-order valence-corrected chi connectivity index (χ1v) is 8.39. The Balaban J connectivity index is 1.98. The van der Waals surface area contributed by atoms with Gasteiger partial charge in [-0.1, -0.05) is 34.8 Å². The standard InChI is InChI=1S/C15H12Cl3N5O3/c1-21-6-19-13-12(21)14(25)23(15(26)22(13)2)5-11(24)20-10-4-8(17)7(16)3-9(10)18/h3-4,6H,5H2,1-2H3,(H,20,24). The van der Waals surface area contributed by atoms with Crippen LogP contribution in [0.1, 0.15) is 0 Å². The van der Waals surface area contributed by atoms with Crippen LogP contribution in [0, 0.1) is 0 Å².